The molecule has 0 atom stereocenters. The van der Waals surface area contributed by atoms with Crippen LogP contribution < -0.4 is 10.6 Å². The number of nitrogens with one attached hydrogen (secondary N) is 2. The fraction of sp³-hybridized carbons (Fsp3) is 0.529. The van der Waals surface area contributed by atoms with E-state index in [4.69, 9.17) is 4.74 Å². The van der Waals surface area contributed by atoms with Crippen LogP contribution in [0.15, 0.2) is 29.3 Å². The molecule has 0 saturated carbocycles. The molecule has 134 valence electrons. The minimum atomic E-state index is 0. The lowest BCUT2D eigenvalue weighted by atomic mass is 10.1. The summed E-state index contributed by atoms with van der Waals surface area (Å²) in [4.78, 5) is 17.8. The van der Waals surface area contributed by atoms with Crippen molar-refractivity contribution < 1.29 is 9.53 Å². The highest BCUT2D eigenvalue weighted by atomic mass is 127. The summed E-state index contributed by atoms with van der Waals surface area (Å²) in [6, 6.07) is 8.32. The third-order valence-corrected chi connectivity index (χ3v) is 3.82. The van der Waals surface area contributed by atoms with Crippen molar-refractivity contribution in [3.63, 3.8) is 0 Å². The summed E-state index contributed by atoms with van der Waals surface area (Å²) in [5.74, 6) is 1.01. The molecule has 1 aliphatic heterocycles. The van der Waals surface area contributed by atoms with Crippen molar-refractivity contribution in [2.75, 3.05) is 33.9 Å². The SMILES string of the molecule is CN=C(NCCOC)NCc1cccc(CN2CCCC2=O)c1.I. The summed E-state index contributed by atoms with van der Waals surface area (Å²) < 4.78 is 5.01. The molecule has 2 rings (SSSR count). The number of ether oxygens (including phenoxy) is 1. The minimum absolute atomic E-state index is 0. The van der Waals surface area contributed by atoms with Crippen LogP contribution in [0.4, 0.5) is 0 Å². The molecule has 1 amide bonds. The quantitative estimate of drug-likeness (QED) is 0.290. The fourth-order valence-corrected chi connectivity index (χ4v) is 2.61. The topological polar surface area (TPSA) is 66.0 Å². The first-order chi connectivity index (χ1) is 11.2. The lowest BCUT2D eigenvalue weighted by Crippen LogP contribution is -2.38. The van der Waals surface area contributed by atoms with Gasteiger partial charge in [-0.15, -0.1) is 24.0 Å². The number of likely N-dealkylation sites (tertiary alicyclic amines) is 1. The summed E-state index contributed by atoms with van der Waals surface area (Å²) in [5, 5.41) is 6.46. The van der Waals surface area contributed by atoms with Crippen molar-refractivity contribution in [1.29, 1.82) is 0 Å². The van der Waals surface area contributed by atoms with E-state index in [1.165, 1.54) is 11.1 Å². The van der Waals surface area contributed by atoms with Gasteiger partial charge in [0.2, 0.25) is 5.91 Å². The number of aliphatic imine (C=N–C) groups is 1. The zero-order valence-corrected chi connectivity index (χ0v) is 16.7. The van der Waals surface area contributed by atoms with Gasteiger partial charge in [-0.05, 0) is 17.5 Å². The number of benzene rings is 1. The van der Waals surface area contributed by atoms with Gasteiger partial charge < -0.3 is 20.3 Å². The standard InChI is InChI=1S/C17H26N4O2.HI/c1-18-17(19-8-10-23-2)20-12-14-5-3-6-15(11-14)13-21-9-4-7-16(21)22;/h3,5-6,11H,4,7-10,12-13H2,1-2H3,(H2,18,19,20);1H. The summed E-state index contributed by atoms with van der Waals surface area (Å²) in [5.41, 5.74) is 2.34. The molecule has 1 aliphatic rings. The van der Waals surface area contributed by atoms with Crippen molar-refractivity contribution in [3.05, 3.63) is 35.4 Å². The highest BCUT2D eigenvalue weighted by Gasteiger charge is 2.19. The van der Waals surface area contributed by atoms with E-state index in [1.54, 1.807) is 14.2 Å². The Balaban J connectivity index is 0.00000288. The van der Waals surface area contributed by atoms with Gasteiger partial charge >= 0.3 is 0 Å². The van der Waals surface area contributed by atoms with Crippen molar-refractivity contribution in [3.8, 4) is 0 Å². The Morgan fingerprint density at radius 3 is 2.79 bits per heavy atom. The van der Waals surface area contributed by atoms with Gasteiger partial charge in [-0.25, -0.2) is 0 Å². The average Bonchev–Trinajstić information content (AvgIpc) is 2.96. The number of carbonyl (C=O) groups is 1. The second-order valence-electron chi connectivity index (χ2n) is 5.58. The lowest BCUT2D eigenvalue weighted by Gasteiger charge is -2.16. The van der Waals surface area contributed by atoms with Gasteiger partial charge in [-0.3, -0.25) is 9.79 Å². The van der Waals surface area contributed by atoms with Crippen LogP contribution in [0.5, 0.6) is 0 Å². The Bertz CT molecular complexity index is 551. The maximum absolute atomic E-state index is 11.7. The molecule has 6 nitrogen and oxygen atoms in total. The van der Waals surface area contributed by atoms with Crippen molar-refractivity contribution in [1.82, 2.24) is 15.5 Å². The summed E-state index contributed by atoms with van der Waals surface area (Å²) in [7, 11) is 3.42. The maximum Gasteiger partial charge on any atom is 0.222 e. The molecule has 0 unspecified atom stereocenters. The van der Waals surface area contributed by atoms with E-state index in [0.29, 0.717) is 32.7 Å². The maximum atomic E-state index is 11.7. The molecule has 1 heterocycles. The number of nitrogens with zero attached hydrogens (tertiary/aromatic N) is 2. The molecule has 0 spiro atoms. The van der Waals surface area contributed by atoms with Gasteiger partial charge in [0.15, 0.2) is 5.96 Å². The second-order valence-corrected chi connectivity index (χ2v) is 5.58. The number of rotatable bonds is 7. The third-order valence-electron chi connectivity index (χ3n) is 3.82. The largest absolute Gasteiger partial charge is 0.383 e. The monoisotopic (exact) mass is 446 g/mol. The van der Waals surface area contributed by atoms with Crippen LogP contribution >= 0.6 is 24.0 Å². The van der Waals surface area contributed by atoms with Gasteiger partial charge in [0.25, 0.3) is 0 Å². The molecule has 1 aromatic carbocycles. The number of amides is 1. The van der Waals surface area contributed by atoms with Crippen LogP contribution in [-0.2, 0) is 22.6 Å². The van der Waals surface area contributed by atoms with E-state index in [1.807, 2.05) is 11.0 Å². The minimum Gasteiger partial charge on any atom is -0.383 e. The molecule has 0 bridgehead atoms. The Morgan fingerprint density at radius 2 is 2.12 bits per heavy atom. The van der Waals surface area contributed by atoms with Crippen LogP contribution in [0.1, 0.15) is 24.0 Å². The second kappa shape index (κ2) is 11.2. The molecule has 1 saturated heterocycles. The smallest absolute Gasteiger partial charge is 0.222 e. The van der Waals surface area contributed by atoms with E-state index >= 15 is 0 Å². The number of methoxy groups -OCH3 is 1. The number of halogens is 1. The lowest BCUT2D eigenvalue weighted by molar-refractivity contribution is -0.128. The van der Waals surface area contributed by atoms with Crippen molar-refractivity contribution in [2.45, 2.75) is 25.9 Å². The van der Waals surface area contributed by atoms with Crippen LogP contribution in [-0.4, -0.2) is 50.6 Å². The number of hydrogen-bond acceptors (Lipinski definition) is 3. The predicted octanol–water partition coefficient (Wildman–Crippen LogP) is 1.74. The molecule has 0 radical (unpaired) electrons. The predicted molar refractivity (Wildman–Crippen MR) is 107 cm³/mol. The molecule has 7 heteroatoms. The van der Waals surface area contributed by atoms with Gasteiger partial charge in [0, 0.05) is 46.8 Å². The molecule has 0 aliphatic carbocycles. The normalized spacial score (nSPS) is 14.5. The van der Waals surface area contributed by atoms with E-state index in [9.17, 15) is 4.79 Å². The highest BCUT2D eigenvalue weighted by molar-refractivity contribution is 14.0. The average molecular weight is 446 g/mol. The van der Waals surface area contributed by atoms with Gasteiger partial charge in [0.1, 0.15) is 0 Å². The fourth-order valence-electron chi connectivity index (χ4n) is 2.61. The van der Waals surface area contributed by atoms with E-state index in [-0.39, 0.29) is 29.9 Å². The number of carbonyl (C=O) groups excluding carboxylic acids is 1. The molecule has 1 aromatic rings. The van der Waals surface area contributed by atoms with E-state index in [2.05, 4.69) is 33.8 Å². The Kier molecular flexibility index (Phi) is 9.70. The zero-order chi connectivity index (χ0) is 16.5. The Morgan fingerprint density at radius 1 is 1.33 bits per heavy atom. The zero-order valence-electron chi connectivity index (χ0n) is 14.4. The number of hydrogen-bond donors (Lipinski definition) is 2. The Labute approximate surface area is 161 Å². The summed E-state index contributed by atoms with van der Waals surface area (Å²) >= 11 is 0. The first-order valence-electron chi connectivity index (χ1n) is 8.02. The van der Waals surface area contributed by atoms with E-state index < -0.39 is 0 Å². The Hall–Kier alpha value is -1.35. The van der Waals surface area contributed by atoms with Gasteiger partial charge in [0.05, 0.1) is 6.61 Å². The molecular weight excluding hydrogens is 419 g/mol. The number of guanidine groups is 1. The van der Waals surface area contributed by atoms with Gasteiger partial charge in [-0.1, -0.05) is 24.3 Å². The molecule has 0 aromatic heterocycles. The molecule has 24 heavy (non-hydrogen) atoms. The van der Waals surface area contributed by atoms with Crippen LogP contribution in [0.2, 0.25) is 0 Å². The van der Waals surface area contributed by atoms with Crippen molar-refractivity contribution >= 4 is 35.8 Å². The van der Waals surface area contributed by atoms with Crippen LogP contribution in [0.25, 0.3) is 0 Å². The van der Waals surface area contributed by atoms with Crippen LogP contribution in [0, 0.1) is 0 Å². The molecular formula is C17H27IN4O2. The molecule has 1 fully saturated rings. The first kappa shape index (κ1) is 20.7. The highest BCUT2D eigenvalue weighted by Crippen LogP contribution is 2.15. The van der Waals surface area contributed by atoms with Gasteiger partial charge in [-0.2, -0.15) is 0 Å². The third kappa shape index (κ3) is 6.64. The summed E-state index contributed by atoms with van der Waals surface area (Å²) in [6.07, 6.45) is 1.66. The van der Waals surface area contributed by atoms with E-state index in [0.717, 1.165) is 18.9 Å². The van der Waals surface area contributed by atoms with Crippen molar-refractivity contribution in [2.24, 2.45) is 4.99 Å². The molecule has 2 N–H and O–H groups in total. The summed E-state index contributed by atoms with van der Waals surface area (Å²) in [6.45, 7) is 3.62. The van der Waals surface area contributed by atoms with Crippen LogP contribution in [0.3, 0.4) is 0 Å². The first-order valence-corrected chi connectivity index (χ1v) is 8.02.